The summed E-state index contributed by atoms with van der Waals surface area (Å²) in [7, 11) is 0. The summed E-state index contributed by atoms with van der Waals surface area (Å²) >= 11 is 12.6. The zero-order valence-electron chi connectivity index (χ0n) is 13.7. The summed E-state index contributed by atoms with van der Waals surface area (Å²) in [5.41, 5.74) is 0.0774. The first-order valence-corrected chi connectivity index (χ1v) is 9.47. The molecule has 1 aromatic carbocycles. The highest BCUT2D eigenvalue weighted by atomic mass is 35.5. The molecule has 0 saturated heterocycles. The lowest BCUT2D eigenvalue weighted by molar-refractivity contribution is 0.210. The van der Waals surface area contributed by atoms with E-state index in [1.165, 1.54) is 12.1 Å². The van der Waals surface area contributed by atoms with Gasteiger partial charge in [-0.25, -0.2) is 9.07 Å². The van der Waals surface area contributed by atoms with E-state index >= 15 is 0 Å². The van der Waals surface area contributed by atoms with Crippen LogP contribution in [0.3, 0.4) is 0 Å². The standard InChI is InChI=1S/C18H19Cl2FN2O2/c19-13-10-14(21)12(9-15(13)25-11-5-1-2-6-11)16-17(20)22-7-3-4-8-23(22)18(16)24/h9-11H,1-8H2. The first kappa shape index (κ1) is 17.0. The zero-order chi connectivity index (χ0) is 17.6. The highest BCUT2D eigenvalue weighted by Crippen LogP contribution is 2.37. The molecule has 0 radical (unpaired) electrons. The number of rotatable bonds is 3. The van der Waals surface area contributed by atoms with Crippen LogP contribution in [0.25, 0.3) is 11.1 Å². The number of fused-ring (bicyclic) bond motifs is 1. The number of ether oxygens (including phenoxy) is 1. The van der Waals surface area contributed by atoms with Crippen molar-refractivity contribution in [3.05, 3.63) is 38.5 Å². The van der Waals surface area contributed by atoms with Crippen molar-refractivity contribution in [1.82, 2.24) is 9.36 Å². The molecule has 4 nitrogen and oxygen atoms in total. The van der Waals surface area contributed by atoms with Gasteiger partial charge in [0.15, 0.2) is 0 Å². The van der Waals surface area contributed by atoms with Crippen LogP contribution in [-0.2, 0) is 13.1 Å². The molecule has 4 rings (SSSR count). The molecule has 25 heavy (non-hydrogen) atoms. The molecule has 0 amide bonds. The van der Waals surface area contributed by atoms with E-state index in [2.05, 4.69) is 0 Å². The zero-order valence-corrected chi connectivity index (χ0v) is 15.2. The van der Waals surface area contributed by atoms with Gasteiger partial charge in [0.2, 0.25) is 0 Å². The molecule has 2 aromatic rings. The second kappa shape index (κ2) is 6.69. The molecule has 0 N–H and O–H groups in total. The topological polar surface area (TPSA) is 36.2 Å². The average Bonchev–Trinajstić information content (AvgIpc) is 3.19. The lowest BCUT2D eigenvalue weighted by Crippen LogP contribution is -2.27. The minimum atomic E-state index is -0.564. The van der Waals surface area contributed by atoms with Gasteiger partial charge in [0.1, 0.15) is 16.7 Å². The number of hydrogen-bond acceptors (Lipinski definition) is 2. The van der Waals surface area contributed by atoms with E-state index in [0.717, 1.165) is 38.5 Å². The predicted molar refractivity (Wildman–Crippen MR) is 96.2 cm³/mol. The number of benzene rings is 1. The minimum absolute atomic E-state index is 0.0922. The van der Waals surface area contributed by atoms with Gasteiger partial charge in [-0.05, 0) is 50.7 Å². The van der Waals surface area contributed by atoms with Crippen molar-refractivity contribution in [2.24, 2.45) is 0 Å². The fourth-order valence-corrected chi connectivity index (χ4v) is 4.30. The van der Waals surface area contributed by atoms with Crippen LogP contribution >= 0.6 is 23.2 Å². The second-order valence-corrected chi connectivity index (χ2v) is 7.48. The fraction of sp³-hybridized carbons (Fsp3) is 0.500. The van der Waals surface area contributed by atoms with Gasteiger partial charge in [-0.2, -0.15) is 0 Å². The average molecular weight is 385 g/mol. The van der Waals surface area contributed by atoms with E-state index in [-0.39, 0.29) is 33.0 Å². The third-order valence-electron chi connectivity index (χ3n) is 5.05. The Morgan fingerprint density at radius 3 is 2.40 bits per heavy atom. The van der Waals surface area contributed by atoms with Crippen LogP contribution in [0.4, 0.5) is 4.39 Å². The Kier molecular flexibility index (Phi) is 4.54. The van der Waals surface area contributed by atoms with Crippen molar-refractivity contribution >= 4 is 23.2 Å². The summed E-state index contributed by atoms with van der Waals surface area (Å²) in [4.78, 5) is 12.7. The Balaban J connectivity index is 1.80. The molecule has 2 heterocycles. The van der Waals surface area contributed by atoms with Crippen LogP contribution in [0.5, 0.6) is 5.75 Å². The number of nitrogens with zero attached hydrogens (tertiary/aromatic N) is 2. The summed E-state index contributed by atoms with van der Waals surface area (Å²) in [5.74, 6) is -0.152. The van der Waals surface area contributed by atoms with Gasteiger partial charge in [-0.3, -0.25) is 9.48 Å². The monoisotopic (exact) mass is 384 g/mol. The molecule has 0 unspecified atom stereocenters. The first-order chi connectivity index (χ1) is 12.1. The molecule has 2 aliphatic rings. The SMILES string of the molecule is O=c1c(-c2cc(OC3CCCC3)c(Cl)cc2F)c(Cl)n2n1CCCC2. The largest absolute Gasteiger partial charge is 0.489 e. The van der Waals surface area contributed by atoms with Crippen LogP contribution in [0.2, 0.25) is 10.2 Å². The van der Waals surface area contributed by atoms with E-state index in [1.54, 1.807) is 9.36 Å². The first-order valence-electron chi connectivity index (χ1n) is 8.71. The van der Waals surface area contributed by atoms with E-state index in [4.69, 9.17) is 27.9 Å². The molecule has 0 bridgehead atoms. The van der Waals surface area contributed by atoms with Crippen molar-refractivity contribution in [2.45, 2.75) is 57.7 Å². The molecule has 7 heteroatoms. The maximum Gasteiger partial charge on any atom is 0.276 e. The van der Waals surface area contributed by atoms with Crippen molar-refractivity contribution < 1.29 is 9.13 Å². The van der Waals surface area contributed by atoms with Crippen molar-refractivity contribution in [3.8, 4) is 16.9 Å². The van der Waals surface area contributed by atoms with Crippen LogP contribution < -0.4 is 10.3 Å². The molecule has 1 aliphatic carbocycles. The smallest absolute Gasteiger partial charge is 0.276 e. The molecular weight excluding hydrogens is 366 g/mol. The van der Waals surface area contributed by atoms with Gasteiger partial charge in [0.25, 0.3) is 5.56 Å². The lowest BCUT2D eigenvalue weighted by Gasteiger charge is -2.17. The Morgan fingerprint density at radius 1 is 1.04 bits per heavy atom. The Labute approximate surface area is 155 Å². The molecule has 0 spiro atoms. The summed E-state index contributed by atoms with van der Waals surface area (Å²) in [6.07, 6.45) is 6.13. The van der Waals surface area contributed by atoms with Gasteiger partial charge in [-0.1, -0.05) is 23.2 Å². The fourth-order valence-electron chi connectivity index (χ4n) is 3.75. The van der Waals surface area contributed by atoms with Crippen LogP contribution in [0, 0.1) is 5.82 Å². The van der Waals surface area contributed by atoms with E-state index in [9.17, 15) is 9.18 Å². The normalized spacial score (nSPS) is 17.7. The highest BCUT2D eigenvalue weighted by Gasteiger charge is 2.26. The third kappa shape index (κ3) is 2.97. The van der Waals surface area contributed by atoms with Crippen molar-refractivity contribution in [2.75, 3.05) is 0 Å². The molecule has 1 fully saturated rings. The van der Waals surface area contributed by atoms with Crippen molar-refractivity contribution in [1.29, 1.82) is 0 Å². The van der Waals surface area contributed by atoms with Crippen LogP contribution in [0.15, 0.2) is 16.9 Å². The Hall–Kier alpha value is -1.46. The summed E-state index contributed by atoms with van der Waals surface area (Å²) in [6.45, 7) is 1.26. The van der Waals surface area contributed by atoms with E-state index in [0.29, 0.717) is 18.8 Å². The van der Waals surface area contributed by atoms with E-state index < -0.39 is 5.82 Å². The quantitative estimate of drug-likeness (QED) is 0.755. The minimum Gasteiger partial charge on any atom is -0.489 e. The van der Waals surface area contributed by atoms with Gasteiger partial charge in [-0.15, -0.1) is 0 Å². The van der Waals surface area contributed by atoms with Crippen LogP contribution in [-0.4, -0.2) is 15.5 Å². The summed E-state index contributed by atoms with van der Waals surface area (Å²) in [6, 6.07) is 2.73. The van der Waals surface area contributed by atoms with Gasteiger partial charge < -0.3 is 4.74 Å². The maximum atomic E-state index is 14.6. The molecule has 1 saturated carbocycles. The van der Waals surface area contributed by atoms with Crippen molar-refractivity contribution in [3.63, 3.8) is 0 Å². The molecule has 0 atom stereocenters. The van der Waals surface area contributed by atoms with E-state index in [1.807, 2.05) is 0 Å². The van der Waals surface area contributed by atoms with Crippen LogP contribution in [0.1, 0.15) is 38.5 Å². The van der Waals surface area contributed by atoms with Gasteiger partial charge in [0, 0.05) is 18.7 Å². The molecular formula is C18H19Cl2FN2O2. The molecule has 1 aliphatic heterocycles. The highest BCUT2D eigenvalue weighted by molar-refractivity contribution is 6.33. The number of halogens is 3. The maximum absolute atomic E-state index is 14.6. The Morgan fingerprint density at radius 2 is 1.72 bits per heavy atom. The molecule has 1 aromatic heterocycles. The molecule has 134 valence electrons. The number of hydrogen-bond donors (Lipinski definition) is 0. The predicted octanol–water partition coefficient (Wildman–Crippen LogP) is 4.88. The lowest BCUT2D eigenvalue weighted by atomic mass is 10.1. The Bertz CT molecular complexity index is 869. The third-order valence-corrected chi connectivity index (χ3v) is 5.73. The summed E-state index contributed by atoms with van der Waals surface area (Å²) in [5, 5.41) is 0.492. The number of aromatic nitrogens is 2. The van der Waals surface area contributed by atoms with Gasteiger partial charge in [0.05, 0.1) is 16.7 Å². The second-order valence-electron chi connectivity index (χ2n) is 6.71. The summed E-state index contributed by atoms with van der Waals surface area (Å²) < 4.78 is 23.9. The van der Waals surface area contributed by atoms with Gasteiger partial charge >= 0.3 is 0 Å².